The van der Waals surface area contributed by atoms with Gasteiger partial charge in [0, 0.05) is 43.2 Å². The monoisotopic (exact) mass is 408 g/mol. The van der Waals surface area contributed by atoms with Gasteiger partial charge in [-0.15, -0.1) is 0 Å². The lowest BCUT2D eigenvalue weighted by Gasteiger charge is -2.27. The highest BCUT2D eigenvalue weighted by Gasteiger charge is 2.20. The summed E-state index contributed by atoms with van der Waals surface area (Å²) in [6, 6.07) is 13.4. The minimum Gasteiger partial charge on any atom is -0.299 e. The van der Waals surface area contributed by atoms with Crippen molar-refractivity contribution in [1.82, 2.24) is 9.88 Å². The molecule has 0 fully saturated rings. The molecule has 5 heteroatoms. The molecule has 0 aliphatic carbocycles. The van der Waals surface area contributed by atoms with Crippen molar-refractivity contribution in [2.75, 3.05) is 19.6 Å². The summed E-state index contributed by atoms with van der Waals surface area (Å²) in [7, 11) is 0. The van der Waals surface area contributed by atoms with E-state index in [2.05, 4.69) is 34.1 Å². The number of hydrogen-bond donors (Lipinski definition) is 0. The average Bonchev–Trinajstić information content (AvgIpc) is 2.80. The third-order valence-corrected chi connectivity index (χ3v) is 5.67. The van der Waals surface area contributed by atoms with Gasteiger partial charge in [-0.05, 0) is 60.2 Å². The molecule has 0 amide bonds. The predicted molar refractivity (Wildman–Crippen MR) is 113 cm³/mol. The molecule has 0 saturated heterocycles. The molecule has 0 spiro atoms. The van der Waals surface area contributed by atoms with E-state index in [1.165, 1.54) is 18.1 Å². The lowest BCUT2D eigenvalue weighted by Crippen LogP contribution is -2.30. The van der Waals surface area contributed by atoms with Crippen molar-refractivity contribution >= 4 is 5.57 Å². The molecular formula is C25H23F3N2. The SMILES string of the molecule is Cc1c(F)c(F)cc(C2=CCN(CCc3cccc(-c4ccncc4)c3)CC2)c1F. The van der Waals surface area contributed by atoms with Crippen LogP contribution in [0.15, 0.2) is 60.9 Å². The smallest absolute Gasteiger partial charge is 0.164 e. The van der Waals surface area contributed by atoms with E-state index in [-0.39, 0.29) is 11.1 Å². The first-order chi connectivity index (χ1) is 14.5. The van der Waals surface area contributed by atoms with Gasteiger partial charge in [-0.25, -0.2) is 13.2 Å². The first kappa shape index (κ1) is 20.4. The fourth-order valence-electron chi connectivity index (χ4n) is 3.86. The van der Waals surface area contributed by atoms with Crippen LogP contribution in [-0.2, 0) is 6.42 Å². The molecule has 2 aromatic carbocycles. The molecule has 3 aromatic rings. The van der Waals surface area contributed by atoms with Gasteiger partial charge in [-0.3, -0.25) is 9.88 Å². The zero-order valence-electron chi connectivity index (χ0n) is 16.8. The number of pyridine rings is 1. The highest BCUT2D eigenvalue weighted by molar-refractivity contribution is 5.68. The van der Waals surface area contributed by atoms with Crippen LogP contribution in [0.4, 0.5) is 13.2 Å². The summed E-state index contributed by atoms with van der Waals surface area (Å²) in [6.07, 6.45) is 7.01. The third-order valence-electron chi connectivity index (χ3n) is 5.67. The lowest BCUT2D eigenvalue weighted by atomic mass is 9.96. The molecule has 0 atom stereocenters. The van der Waals surface area contributed by atoms with Gasteiger partial charge >= 0.3 is 0 Å². The van der Waals surface area contributed by atoms with Crippen LogP contribution in [0.1, 0.15) is 23.1 Å². The number of benzene rings is 2. The Morgan fingerprint density at radius 1 is 0.967 bits per heavy atom. The molecular weight excluding hydrogens is 385 g/mol. The van der Waals surface area contributed by atoms with Gasteiger partial charge in [0.2, 0.25) is 0 Å². The summed E-state index contributed by atoms with van der Waals surface area (Å²) < 4.78 is 41.7. The van der Waals surface area contributed by atoms with E-state index in [9.17, 15) is 13.2 Å². The van der Waals surface area contributed by atoms with Gasteiger partial charge in [0.15, 0.2) is 11.6 Å². The molecule has 0 N–H and O–H groups in total. The maximum absolute atomic E-state index is 14.4. The number of aromatic nitrogens is 1. The minimum atomic E-state index is -1.11. The Labute approximate surface area is 174 Å². The summed E-state index contributed by atoms with van der Waals surface area (Å²) in [5, 5.41) is 0. The Bertz CT molecular complexity index is 1080. The predicted octanol–water partition coefficient (Wildman–Crippen LogP) is 5.81. The summed E-state index contributed by atoms with van der Waals surface area (Å²) in [5.41, 5.74) is 4.21. The number of hydrogen-bond acceptors (Lipinski definition) is 2. The zero-order valence-corrected chi connectivity index (χ0v) is 16.8. The van der Waals surface area contributed by atoms with Crippen LogP contribution in [0.3, 0.4) is 0 Å². The molecule has 2 nitrogen and oxygen atoms in total. The van der Waals surface area contributed by atoms with Crippen LogP contribution in [0.25, 0.3) is 16.7 Å². The first-order valence-corrected chi connectivity index (χ1v) is 10.1. The van der Waals surface area contributed by atoms with E-state index in [0.29, 0.717) is 13.0 Å². The quantitative estimate of drug-likeness (QED) is 0.496. The average molecular weight is 408 g/mol. The Kier molecular flexibility index (Phi) is 6.00. The molecule has 1 aliphatic rings. The van der Waals surface area contributed by atoms with Crippen molar-refractivity contribution in [1.29, 1.82) is 0 Å². The van der Waals surface area contributed by atoms with Gasteiger partial charge in [-0.1, -0.05) is 30.3 Å². The van der Waals surface area contributed by atoms with Gasteiger partial charge in [-0.2, -0.15) is 0 Å². The van der Waals surface area contributed by atoms with Crippen molar-refractivity contribution in [2.24, 2.45) is 0 Å². The third kappa shape index (κ3) is 4.31. The fourth-order valence-corrected chi connectivity index (χ4v) is 3.86. The second-order valence-electron chi connectivity index (χ2n) is 7.63. The van der Waals surface area contributed by atoms with Crippen molar-refractivity contribution in [3.05, 3.63) is 95.1 Å². The van der Waals surface area contributed by atoms with Crippen molar-refractivity contribution in [3.8, 4) is 11.1 Å². The molecule has 2 heterocycles. The second-order valence-corrected chi connectivity index (χ2v) is 7.63. The summed E-state index contributed by atoms with van der Waals surface area (Å²) in [5.74, 6) is -2.77. The number of nitrogens with zero attached hydrogens (tertiary/aromatic N) is 2. The maximum Gasteiger partial charge on any atom is 0.164 e. The highest BCUT2D eigenvalue weighted by Crippen LogP contribution is 2.29. The summed E-state index contributed by atoms with van der Waals surface area (Å²) >= 11 is 0. The van der Waals surface area contributed by atoms with Crippen LogP contribution in [0.5, 0.6) is 0 Å². The van der Waals surface area contributed by atoms with Gasteiger partial charge in [0.1, 0.15) is 5.82 Å². The summed E-state index contributed by atoms with van der Waals surface area (Å²) in [4.78, 5) is 6.35. The fraction of sp³-hybridized carbons (Fsp3) is 0.240. The van der Waals surface area contributed by atoms with Gasteiger partial charge < -0.3 is 0 Å². The van der Waals surface area contributed by atoms with E-state index in [1.807, 2.05) is 18.2 Å². The number of halogens is 3. The van der Waals surface area contributed by atoms with Crippen LogP contribution in [0, 0.1) is 24.4 Å². The van der Waals surface area contributed by atoms with Crippen molar-refractivity contribution < 1.29 is 13.2 Å². The Balaban J connectivity index is 1.41. The van der Waals surface area contributed by atoms with E-state index in [0.717, 1.165) is 36.7 Å². The number of rotatable bonds is 5. The van der Waals surface area contributed by atoms with Crippen molar-refractivity contribution in [2.45, 2.75) is 19.8 Å². The van der Waals surface area contributed by atoms with Gasteiger partial charge in [0.25, 0.3) is 0 Å². The van der Waals surface area contributed by atoms with Crippen LogP contribution < -0.4 is 0 Å². The standard InChI is InChI=1S/C25H23F3N2/c1-17-24(27)22(16-23(26)25(17)28)20-8-13-30(14-9-20)12-7-18-3-2-4-21(15-18)19-5-10-29-11-6-19/h2-6,8,10-11,15-16H,7,9,12-14H2,1H3. The van der Waals surface area contributed by atoms with Crippen LogP contribution >= 0.6 is 0 Å². The molecule has 1 aromatic heterocycles. The topological polar surface area (TPSA) is 16.1 Å². The van der Waals surface area contributed by atoms with Crippen LogP contribution in [-0.4, -0.2) is 29.5 Å². The molecule has 154 valence electrons. The molecule has 30 heavy (non-hydrogen) atoms. The normalized spacial score (nSPS) is 14.6. The maximum atomic E-state index is 14.4. The highest BCUT2D eigenvalue weighted by atomic mass is 19.2. The zero-order chi connectivity index (χ0) is 21.1. The van der Waals surface area contributed by atoms with E-state index < -0.39 is 17.5 Å². The summed E-state index contributed by atoms with van der Waals surface area (Å²) in [6.45, 7) is 3.57. The largest absolute Gasteiger partial charge is 0.299 e. The molecule has 1 aliphatic heterocycles. The Morgan fingerprint density at radius 3 is 2.50 bits per heavy atom. The Morgan fingerprint density at radius 2 is 1.77 bits per heavy atom. The Hall–Kier alpha value is -2.92. The molecule has 4 rings (SSSR count). The molecule has 0 radical (unpaired) electrons. The van der Waals surface area contributed by atoms with E-state index >= 15 is 0 Å². The van der Waals surface area contributed by atoms with Crippen LogP contribution in [0.2, 0.25) is 0 Å². The lowest BCUT2D eigenvalue weighted by molar-refractivity contribution is 0.305. The van der Waals surface area contributed by atoms with Crippen molar-refractivity contribution in [3.63, 3.8) is 0 Å². The molecule has 0 saturated carbocycles. The minimum absolute atomic E-state index is 0.177. The first-order valence-electron chi connectivity index (χ1n) is 10.1. The van der Waals surface area contributed by atoms with E-state index in [4.69, 9.17) is 0 Å². The van der Waals surface area contributed by atoms with Gasteiger partial charge in [0.05, 0.1) is 0 Å². The second kappa shape index (κ2) is 8.84. The molecule has 0 bridgehead atoms. The molecule has 0 unspecified atom stereocenters. The van der Waals surface area contributed by atoms with E-state index in [1.54, 1.807) is 12.4 Å².